The van der Waals surface area contributed by atoms with Gasteiger partial charge in [0.05, 0.1) is 11.9 Å². The summed E-state index contributed by atoms with van der Waals surface area (Å²) in [7, 11) is -3.65. The van der Waals surface area contributed by atoms with E-state index < -0.39 is 21.9 Å². The monoisotopic (exact) mass is 535 g/mol. The first-order chi connectivity index (χ1) is 17.6. The van der Waals surface area contributed by atoms with Crippen molar-refractivity contribution >= 4 is 27.5 Å². The predicted molar refractivity (Wildman–Crippen MR) is 138 cm³/mol. The Labute approximate surface area is 217 Å². The van der Waals surface area contributed by atoms with Gasteiger partial charge in [0.2, 0.25) is 28.6 Å². The molecule has 11 heteroatoms. The summed E-state index contributed by atoms with van der Waals surface area (Å²) in [6.45, 7) is 4.12. The average Bonchev–Trinajstić information content (AvgIpc) is 3.33. The summed E-state index contributed by atoms with van der Waals surface area (Å²) in [5, 5.41) is 2.82. The molecule has 0 fully saturated rings. The Morgan fingerprint density at radius 1 is 1.11 bits per heavy atom. The van der Waals surface area contributed by atoms with Crippen molar-refractivity contribution in [3.8, 4) is 11.5 Å². The number of sulfonamides is 1. The molecule has 2 aromatic carbocycles. The molecule has 37 heavy (non-hydrogen) atoms. The van der Waals surface area contributed by atoms with Gasteiger partial charge in [0.1, 0.15) is 11.9 Å². The van der Waals surface area contributed by atoms with E-state index in [1.54, 1.807) is 43.3 Å². The maximum atomic E-state index is 14.4. The molecule has 0 aromatic heterocycles. The molecule has 1 heterocycles. The number of halogens is 1. The molecule has 202 valence electrons. The van der Waals surface area contributed by atoms with Crippen molar-refractivity contribution in [2.24, 2.45) is 0 Å². The van der Waals surface area contributed by atoms with E-state index in [2.05, 4.69) is 5.32 Å². The molecule has 2 amide bonds. The number of rotatable bonds is 13. The molecule has 9 nitrogen and oxygen atoms in total. The molecule has 1 aliphatic rings. The van der Waals surface area contributed by atoms with Crippen LogP contribution in [0.4, 0.5) is 10.1 Å². The fourth-order valence-corrected chi connectivity index (χ4v) is 4.93. The molecule has 0 saturated heterocycles. The lowest BCUT2D eigenvalue weighted by atomic mass is 10.1. The zero-order valence-electron chi connectivity index (χ0n) is 21.4. The second-order valence-electron chi connectivity index (χ2n) is 8.91. The van der Waals surface area contributed by atoms with Gasteiger partial charge in [0.15, 0.2) is 11.5 Å². The van der Waals surface area contributed by atoms with Crippen molar-refractivity contribution < 1.29 is 31.9 Å². The van der Waals surface area contributed by atoms with Crippen molar-refractivity contribution in [3.63, 3.8) is 0 Å². The van der Waals surface area contributed by atoms with Crippen molar-refractivity contribution in [1.29, 1.82) is 0 Å². The van der Waals surface area contributed by atoms with Crippen molar-refractivity contribution in [2.45, 2.75) is 52.1 Å². The first kappa shape index (κ1) is 28.2. The average molecular weight is 536 g/mol. The number of unbranched alkanes of at least 4 members (excludes halogenated alkanes) is 1. The molecular weight excluding hydrogens is 501 g/mol. The van der Waals surface area contributed by atoms with Gasteiger partial charge in [-0.2, -0.15) is 0 Å². The van der Waals surface area contributed by atoms with Gasteiger partial charge in [-0.1, -0.05) is 31.5 Å². The van der Waals surface area contributed by atoms with Crippen LogP contribution in [0, 0.1) is 5.82 Å². The number of carbonyl (C=O) groups excluding carboxylic acids is 2. The number of amides is 2. The molecule has 0 radical (unpaired) electrons. The summed E-state index contributed by atoms with van der Waals surface area (Å²) < 4.78 is 51.2. The summed E-state index contributed by atoms with van der Waals surface area (Å²) in [6.07, 6.45) is 2.97. The molecule has 0 bridgehead atoms. The normalized spacial score (nSPS) is 13.2. The number of nitrogens with one attached hydrogen (secondary N) is 1. The van der Waals surface area contributed by atoms with Gasteiger partial charge in [0, 0.05) is 37.7 Å². The molecule has 0 unspecified atom stereocenters. The lowest BCUT2D eigenvalue weighted by Crippen LogP contribution is -2.48. The van der Waals surface area contributed by atoms with Gasteiger partial charge in [-0.25, -0.2) is 12.8 Å². The van der Waals surface area contributed by atoms with Crippen LogP contribution in [0.15, 0.2) is 42.5 Å². The number of fused-ring (bicyclic) bond motifs is 1. The van der Waals surface area contributed by atoms with Gasteiger partial charge in [-0.05, 0) is 38.0 Å². The van der Waals surface area contributed by atoms with Crippen LogP contribution in [0.2, 0.25) is 0 Å². The third kappa shape index (κ3) is 7.58. The Bertz CT molecular complexity index is 1210. The van der Waals surface area contributed by atoms with E-state index in [9.17, 15) is 22.4 Å². The summed E-state index contributed by atoms with van der Waals surface area (Å²) in [4.78, 5) is 27.3. The summed E-state index contributed by atoms with van der Waals surface area (Å²) in [5.41, 5.74) is 0.688. The first-order valence-corrected chi connectivity index (χ1v) is 14.1. The van der Waals surface area contributed by atoms with Crippen LogP contribution < -0.4 is 19.1 Å². The highest BCUT2D eigenvalue weighted by Gasteiger charge is 2.27. The number of benzene rings is 2. The Balaban J connectivity index is 1.72. The van der Waals surface area contributed by atoms with Crippen LogP contribution in [0.3, 0.4) is 0 Å². The quantitative estimate of drug-likeness (QED) is 0.394. The Morgan fingerprint density at radius 2 is 1.84 bits per heavy atom. The molecule has 1 aliphatic heterocycles. The molecule has 3 rings (SSSR count). The fraction of sp³-hybridized carbons (Fsp3) is 0.462. The van der Waals surface area contributed by atoms with E-state index >= 15 is 0 Å². The largest absolute Gasteiger partial charge is 0.454 e. The standard InChI is InChI=1S/C26H34FN3O6S/c1-4-5-14-28-26(32)19(2)29(17-20-9-6-7-10-22(20)27)25(31)11-8-15-30(37(3,33)34)21-12-13-23-24(16-21)36-18-35-23/h6-7,9-10,12-13,16,19H,4-5,8,11,14-15,17-18H2,1-3H3,(H,28,32)/t19-/m0/s1. The van der Waals surface area contributed by atoms with Crippen molar-refractivity contribution in [1.82, 2.24) is 10.2 Å². The van der Waals surface area contributed by atoms with E-state index in [1.165, 1.54) is 15.3 Å². The first-order valence-electron chi connectivity index (χ1n) is 12.3. The van der Waals surface area contributed by atoms with Gasteiger partial charge < -0.3 is 19.7 Å². The van der Waals surface area contributed by atoms with E-state index in [1.807, 2.05) is 6.92 Å². The maximum absolute atomic E-state index is 14.4. The second-order valence-corrected chi connectivity index (χ2v) is 10.8. The fourth-order valence-electron chi connectivity index (χ4n) is 3.97. The van der Waals surface area contributed by atoms with Gasteiger partial charge in [0.25, 0.3) is 0 Å². The molecule has 0 spiro atoms. The highest BCUT2D eigenvalue weighted by atomic mass is 32.2. The zero-order valence-corrected chi connectivity index (χ0v) is 22.2. The van der Waals surface area contributed by atoms with Gasteiger partial charge >= 0.3 is 0 Å². The Kier molecular flexibility index (Phi) is 9.73. The van der Waals surface area contributed by atoms with Crippen molar-refractivity contribution in [3.05, 3.63) is 53.8 Å². The number of ether oxygens (including phenoxy) is 2. The lowest BCUT2D eigenvalue weighted by Gasteiger charge is -2.29. The Hall–Kier alpha value is -3.34. The van der Waals surface area contributed by atoms with E-state index in [-0.39, 0.29) is 44.5 Å². The zero-order chi connectivity index (χ0) is 27.0. The summed E-state index contributed by atoms with van der Waals surface area (Å²) >= 11 is 0. The SMILES string of the molecule is CCCCNC(=O)[C@H](C)N(Cc1ccccc1F)C(=O)CCCN(c1ccc2c(c1)OCO2)S(C)(=O)=O. The number of nitrogens with zero attached hydrogens (tertiary/aromatic N) is 2. The molecule has 2 aromatic rings. The van der Waals surface area contributed by atoms with Crippen LogP contribution in [0.25, 0.3) is 0 Å². The second kappa shape index (κ2) is 12.8. The lowest BCUT2D eigenvalue weighted by molar-refractivity contribution is -0.140. The van der Waals surface area contributed by atoms with Crippen LogP contribution in [-0.4, -0.2) is 57.3 Å². The summed E-state index contributed by atoms with van der Waals surface area (Å²) in [5.74, 6) is -0.190. The number of hydrogen-bond acceptors (Lipinski definition) is 6. The minimum Gasteiger partial charge on any atom is -0.454 e. The molecule has 1 N–H and O–H groups in total. The van der Waals surface area contributed by atoms with Gasteiger partial charge in [-0.15, -0.1) is 0 Å². The van der Waals surface area contributed by atoms with Crippen LogP contribution in [0.1, 0.15) is 45.1 Å². The third-order valence-electron chi connectivity index (χ3n) is 6.09. The predicted octanol–water partition coefficient (Wildman–Crippen LogP) is 3.43. The Morgan fingerprint density at radius 3 is 2.54 bits per heavy atom. The molecule has 1 atom stereocenters. The highest BCUT2D eigenvalue weighted by Crippen LogP contribution is 2.36. The van der Waals surface area contributed by atoms with Crippen LogP contribution in [-0.2, 0) is 26.2 Å². The minimum absolute atomic E-state index is 0.0302. The van der Waals surface area contributed by atoms with Crippen LogP contribution in [0.5, 0.6) is 11.5 Å². The van der Waals surface area contributed by atoms with E-state index in [0.717, 1.165) is 19.1 Å². The summed E-state index contributed by atoms with van der Waals surface area (Å²) in [6, 6.07) is 10.1. The van der Waals surface area contributed by atoms with E-state index in [4.69, 9.17) is 9.47 Å². The molecule has 0 aliphatic carbocycles. The number of carbonyl (C=O) groups is 2. The topological polar surface area (TPSA) is 105 Å². The highest BCUT2D eigenvalue weighted by molar-refractivity contribution is 7.92. The van der Waals surface area contributed by atoms with Crippen LogP contribution >= 0.6 is 0 Å². The van der Waals surface area contributed by atoms with Crippen molar-refractivity contribution in [2.75, 3.05) is 30.4 Å². The molecule has 0 saturated carbocycles. The smallest absolute Gasteiger partial charge is 0.242 e. The molecular formula is C26H34FN3O6S. The maximum Gasteiger partial charge on any atom is 0.242 e. The third-order valence-corrected chi connectivity index (χ3v) is 7.29. The van der Waals surface area contributed by atoms with Gasteiger partial charge in [-0.3, -0.25) is 13.9 Å². The minimum atomic E-state index is -3.65. The number of hydrogen-bond donors (Lipinski definition) is 1. The number of anilines is 1. The van der Waals surface area contributed by atoms with E-state index in [0.29, 0.717) is 29.3 Å².